The summed E-state index contributed by atoms with van der Waals surface area (Å²) >= 11 is 0. The van der Waals surface area contributed by atoms with Gasteiger partial charge in [0.2, 0.25) is 0 Å². The predicted octanol–water partition coefficient (Wildman–Crippen LogP) is 0.628. The molecule has 1 heterocycles. The molecule has 0 amide bonds. The van der Waals surface area contributed by atoms with E-state index < -0.39 is 34.8 Å². The zero-order valence-corrected chi connectivity index (χ0v) is 21.0. The van der Waals surface area contributed by atoms with Crippen molar-refractivity contribution in [3.8, 4) is 0 Å². The second kappa shape index (κ2) is 14.2. The van der Waals surface area contributed by atoms with E-state index in [-0.39, 0.29) is 28.4 Å². The first-order valence-electron chi connectivity index (χ1n) is 11.0. The van der Waals surface area contributed by atoms with E-state index in [9.17, 15) is 24.5 Å². The van der Waals surface area contributed by atoms with Gasteiger partial charge in [0.1, 0.15) is 6.04 Å². The van der Waals surface area contributed by atoms with E-state index in [4.69, 9.17) is 31.8 Å². The summed E-state index contributed by atoms with van der Waals surface area (Å²) in [6.07, 6.45) is 0.956. The number of rotatable bonds is 9. The maximum absolute atomic E-state index is 12.3. The molecule has 0 aromatic heterocycles. The molecular weight excluding hydrogens is 488 g/mol. The van der Waals surface area contributed by atoms with Gasteiger partial charge in [-0.2, -0.15) is 0 Å². The molecule has 1 atom stereocenters. The first-order chi connectivity index (χ1) is 17.4. The van der Waals surface area contributed by atoms with Gasteiger partial charge < -0.3 is 37.1 Å². The molecule has 1 aromatic rings. The minimum atomic E-state index is -1.00. The monoisotopic (exact) mass is 520 g/mol. The molecule has 14 nitrogen and oxygen atoms in total. The first kappa shape index (κ1) is 30.6. The summed E-state index contributed by atoms with van der Waals surface area (Å²) in [5.74, 6) is -3.31. The molecule has 0 saturated carbocycles. The zero-order chi connectivity index (χ0) is 28.3. The van der Waals surface area contributed by atoms with E-state index in [1.54, 1.807) is 19.9 Å². The molecule has 0 spiro atoms. The number of nitrogens with two attached hydrogens (primary N) is 3. The number of hydrogen-bond acceptors (Lipinski definition) is 10. The van der Waals surface area contributed by atoms with Crippen LogP contribution in [0.5, 0.6) is 0 Å². The van der Waals surface area contributed by atoms with Crippen molar-refractivity contribution in [3.05, 3.63) is 62.5 Å². The minimum Gasteiger partial charge on any atom is -0.480 e. The number of carbonyl (C=O) groups is 3. The Balaban J connectivity index is 0.000000482. The SMILES string of the molecule is COC(=O)C1=C(C)NC(C)=C(C(=O)OC)C1c1ccccc1[N+](=O)[O-].NC(N)=NCCC[C@H](N)C(=O)O. The summed E-state index contributed by atoms with van der Waals surface area (Å²) < 4.78 is 9.66. The molecule has 0 aliphatic carbocycles. The Morgan fingerprint density at radius 3 is 2.05 bits per heavy atom. The number of benzene rings is 1. The number of aliphatic carboxylic acids is 1. The number of para-hydroxylation sites is 1. The molecule has 1 aliphatic heterocycles. The third kappa shape index (κ3) is 8.31. The molecule has 202 valence electrons. The maximum atomic E-state index is 12.3. The van der Waals surface area contributed by atoms with Gasteiger partial charge in [0.05, 0.1) is 36.2 Å². The lowest BCUT2D eigenvalue weighted by molar-refractivity contribution is -0.385. The molecule has 1 aromatic carbocycles. The van der Waals surface area contributed by atoms with Crippen LogP contribution in [-0.2, 0) is 23.9 Å². The van der Waals surface area contributed by atoms with Crippen molar-refractivity contribution in [2.75, 3.05) is 20.8 Å². The highest BCUT2D eigenvalue weighted by molar-refractivity contribution is 6.00. The number of carboxylic acid groups (broad SMARTS) is 1. The molecule has 14 heteroatoms. The average molecular weight is 521 g/mol. The number of aliphatic imine (C=N–C) groups is 1. The Kier molecular flexibility index (Phi) is 11.7. The van der Waals surface area contributed by atoms with Crippen molar-refractivity contribution in [1.82, 2.24) is 5.32 Å². The first-order valence-corrected chi connectivity index (χ1v) is 11.0. The standard InChI is InChI=1S/C17H18N2O6.C6H14N4O2/c1-9-13(16(20)24-3)15(14(10(2)18-9)17(21)25-4)11-7-5-6-8-12(11)19(22)23;7-4(5(11)12)2-1-3-10-6(8)9/h5-8,15,18H,1-4H3;4H,1-3,7H2,(H,11,12)(H4,8,9,10)/t;4-/m.0/s1. The molecule has 0 unspecified atom stereocenters. The van der Waals surface area contributed by atoms with Gasteiger partial charge in [-0.25, -0.2) is 9.59 Å². The lowest BCUT2D eigenvalue weighted by Gasteiger charge is -2.29. The van der Waals surface area contributed by atoms with E-state index >= 15 is 0 Å². The third-order valence-electron chi connectivity index (χ3n) is 5.30. The van der Waals surface area contributed by atoms with Crippen LogP contribution in [0.4, 0.5) is 5.69 Å². The fraction of sp³-hybridized carbons (Fsp3) is 0.391. The van der Waals surface area contributed by atoms with Crippen LogP contribution in [0, 0.1) is 10.1 Å². The van der Waals surface area contributed by atoms with Crippen LogP contribution < -0.4 is 22.5 Å². The van der Waals surface area contributed by atoms with Crippen molar-refractivity contribution in [1.29, 1.82) is 0 Å². The summed E-state index contributed by atoms with van der Waals surface area (Å²) in [7, 11) is 2.42. The van der Waals surface area contributed by atoms with Gasteiger partial charge in [-0.3, -0.25) is 19.9 Å². The van der Waals surface area contributed by atoms with Gasteiger partial charge in [-0.05, 0) is 26.7 Å². The summed E-state index contributed by atoms with van der Waals surface area (Å²) in [6.45, 7) is 3.71. The quantitative estimate of drug-likeness (QED) is 0.0752. The Morgan fingerprint density at radius 2 is 1.62 bits per heavy atom. The molecule has 37 heavy (non-hydrogen) atoms. The lowest BCUT2D eigenvalue weighted by Crippen LogP contribution is -2.32. The number of carbonyl (C=O) groups excluding carboxylic acids is 2. The Hall–Kier alpha value is -4.46. The maximum Gasteiger partial charge on any atom is 0.336 e. The Morgan fingerprint density at radius 1 is 1.11 bits per heavy atom. The van der Waals surface area contributed by atoms with Gasteiger partial charge in [-0.15, -0.1) is 0 Å². The highest BCUT2D eigenvalue weighted by atomic mass is 16.6. The number of guanidine groups is 1. The Bertz CT molecular complexity index is 1090. The number of nitro groups is 1. The number of ether oxygens (including phenoxy) is 2. The molecule has 1 aliphatic rings. The van der Waals surface area contributed by atoms with Gasteiger partial charge >= 0.3 is 17.9 Å². The molecule has 0 bridgehead atoms. The van der Waals surface area contributed by atoms with E-state index in [0.717, 1.165) is 0 Å². The van der Waals surface area contributed by atoms with Gasteiger partial charge in [0.15, 0.2) is 5.96 Å². The average Bonchev–Trinajstić information content (AvgIpc) is 2.85. The lowest BCUT2D eigenvalue weighted by atomic mass is 9.79. The van der Waals surface area contributed by atoms with Crippen molar-refractivity contribution in [2.45, 2.75) is 38.6 Å². The molecule has 2 rings (SSSR count). The van der Waals surface area contributed by atoms with E-state index in [1.807, 2.05) is 0 Å². The van der Waals surface area contributed by atoms with Gasteiger partial charge in [0.25, 0.3) is 5.69 Å². The number of carboxylic acids is 1. The van der Waals surface area contributed by atoms with Crippen LogP contribution in [0.1, 0.15) is 38.2 Å². The van der Waals surface area contributed by atoms with Crippen molar-refractivity contribution in [2.24, 2.45) is 22.2 Å². The predicted molar refractivity (Wildman–Crippen MR) is 134 cm³/mol. The fourth-order valence-corrected chi connectivity index (χ4v) is 3.61. The largest absolute Gasteiger partial charge is 0.480 e. The highest BCUT2D eigenvalue weighted by Crippen LogP contribution is 2.42. The Labute approximate surface area is 213 Å². The number of nitrogens with zero attached hydrogens (tertiary/aromatic N) is 2. The number of methoxy groups -OCH3 is 2. The highest BCUT2D eigenvalue weighted by Gasteiger charge is 2.40. The normalized spacial score (nSPS) is 14.0. The second-order valence-corrected chi connectivity index (χ2v) is 7.83. The van der Waals surface area contributed by atoms with Crippen LogP contribution in [-0.4, -0.2) is 60.7 Å². The van der Waals surface area contributed by atoms with Crippen LogP contribution >= 0.6 is 0 Å². The second-order valence-electron chi connectivity index (χ2n) is 7.83. The van der Waals surface area contributed by atoms with E-state index in [1.165, 1.54) is 32.4 Å². The van der Waals surface area contributed by atoms with Crippen LogP contribution in [0.25, 0.3) is 0 Å². The van der Waals surface area contributed by atoms with Crippen molar-refractivity contribution < 1.29 is 33.9 Å². The third-order valence-corrected chi connectivity index (χ3v) is 5.30. The summed E-state index contributed by atoms with van der Waals surface area (Å²) in [6, 6.07) is 5.15. The van der Waals surface area contributed by atoms with Crippen molar-refractivity contribution >= 4 is 29.6 Å². The molecule has 0 saturated heterocycles. The van der Waals surface area contributed by atoms with Crippen LogP contribution in [0.15, 0.2) is 51.8 Å². The number of dihydropyridines is 1. The minimum absolute atomic E-state index is 0.0129. The summed E-state index contributed by atoms with van der Waals surface area (Å²) in [5.41, 5.74) is 16.5. The van der Waals surface area contributed by atoms with Crippen LogP contribution in [0.2, 0.25) is 0 Å². The fourth-order valence-electron chi connectivity index (χ4n) is 3.61. The number of nitrogens with one attached hydrogen (secondary N) is 1. The smallest absolute Gasteiger partial charge is 0.336 e. The van der Waals surface area contributed by atoms with E-state index in [2.05, 4.69) is 10.3 Å². The molecule has 8 N–H and O–H groups in total. The van der Waals surface area contributed by atoms with E-state index in [0.29, 0.717) is 30.8 Å². The molecular formula is C23H32N6O8. The van der Waals surface area contributed by atoms with Crippen LogP contribution in [0.3, 0.4) is 0 Å². The van der Waals surface area contributed by atoms with Crippen molar-refractivity contribution in [3.63, 3.8) is 0 Å². The topological polar surface area (TPSA) is 235 Å². The molecule has 0 radical (unpaired) electrons. The number of nitro benzene ring substituents is 1. The number of allylic oxidation sites excluding steroid dienone is 2. The van der Waals surface area contributed by atoms with Gasteiger partial charge in [-0.1, -0.05) is 18.2 Å². The number of hydrogen-bond donors (Lipinski definition) is 5. The number of esters is 2. The summed E-state index contributed by atoms with van der Waals surface area (Å²) in [4.78, 5) is 49.5. The zero-order valence-electron chi connectivity index (χ0n) is 21.0. The molecule has 0 fully saturated rings. The summed E-state index contributed by atoms with van der Waals surface area (Å²) in [5, 5.41) is 22.8. The van der Waals surface area contributed by atoms with Gasteiger partial charge in [0, 0.05) is 29.6 Å².